The number of thiazole rings is 1. The average molecular weight is 654 g/mol. The highest BCUT2D eigenvalue weighted by Gasteiger charge is 2.49. The standard InChI is InChI=1S/C29H29F6N7O2S/c1-41(15-5-7-37-11-15)25-17-9-19(44-29(33,34)35)20(16-3-4-18(31)24-23(16)38-26(36)45-24)21(32)22(17)39-27(40-25)43-13-28-6-2-8-42(28)12-14(30)10-28/h3-4,9,14-15,37H,2,5-8,10-13H2,1H3,(H2,36,38)/t14-,15-,28+/m1/s1. The molecule has 16 heteroatoms. The molecule has 0 bridgehead atoms. The summed E-state index contributed by atoms with van der Waals surface area (Å²) in [5.74, 6) is -2.61. The lowest BCUT2D eigenvalue weighted by Crippen LogP contribution is -2.43. The normalized spacial score (nSPS) is 23.7. The molecule has 3 saturated heterocycles. The maximum Gasteiger partial charge on any atom is 0.573 e. The third kappa shape index (κ3) is 5.35. The zero-order chi connectivity index (χ0) is 31.7. The van der Waals surface area contributed by atoms with Crippen LogP contribution in [-0.2, 0) is 0 Å². The van der Waals surface area contributed by atoms with Gasteiger partial charge < -0.3 is 25.4 Å². The second-order valence-electron chi connectivity index (χ2n) is 11.8. The summed E-state index contributed by atoms with van der Waals surface area (Å²) in [6.45, 7) is 2.38. The quantitative estimate of drug-likeness (QED) is 0.253. The molecule has 0 saturated carbocycles. The highest BCUT2D eigenvalue weighted by atomic mass is 32.1. The molecule has 7 rings (SSSR count). The molecule has 3 atom stereocenters. The number of likely N-dealkylation sites (N-methyl/N-ethyl adjacent to an activating group) is 1. The van der Waals surface area contributed by atoms with Crippen LogP contribution in [-0.4, -0.2) is 83.8 Å². The van der Waals surface area contributed by atoms with Gasteiger partial charge in [0.2, 0.25) is 0 Å². The van der Waals surface area contributed by atoms with E-state index in [0.29, 0.717) is 26.1 Å². The van der Waals surface area contributed by atoms with E-state index in [2.05, 4.69) is 29.9 Å². The molecule has 2 aromatic carbocycles. The Labute approximate surface area is 257 Å². The molecule has 240 valence electrons. The number of alkyl halides is 4. The van der Waals surface area contributed by atoms with Crippen LogP contribution in [0.4, 0.5) is 37.3 Å². The number of anilines is 2. The van der Waals surface area contributed by atoms with Gasteiger partial charge in [0, 0.05) is 43.5 Å². The van der Waals surface area contributed by atoms with Crippen LogP contribution in [0.5, 0.6) is 11.8 Å². The number of hydrogen-bond donors (Lipinski definition) is 2. The Kier molecular flexibility index (Phi) is 7.35. The van der Waals surface area contributed by atoms with Crippen molar-refractivity contribution in [2.75, 3.05) is 50.5 Å². The summed E-state index contributed by atoms with van der Waals surface area (Å²) in [4.78, 5) is 16.8. The van der Waals surface area contributed by atoms with Gasteiger partial charge in [-0.3, -0.25) is 4.90 Å². The average Bonchev–Trinajstić information content (AvgIpc) is 3.76. The van der Waals surface area contributed by atoms with Crippen LogP contribution in [0.25, 0.3) is 32.2 Å². The van der Waals surface area contributed by atoms with E-state index in [1.54, 1.807) is 11.9 Å². The van der Waals surface area contributed by atoms with Crippen molar-refractivity contribution in [1.29, 1.82) is 0 Å². The van der Waals surface area contributed by atoms with Gasteiger partial charge in [0.05, 0.1) is 21.3 Å². The van der Waals surface area contributed by atoms with E-state index in [1.165, 1.54) is 0 Å². The zero-order valence-corrected chi connectivity index (χ0v) is 24.9. The first kappa shape index (κ1) is 30.0. The fraction of sp³-hybridized carbons (Fsp3) is 0.483. The van der Waals surface area contributed by atoms with Crippen molar-refractivity contribution in [2.45, 2.75) is 49.8 Å². The van der Waals surface area contributed by atoms with Gasteiger partial charge in [0.1, 0.15) is 35.7 Å². The number of ether oxygens (including phenoxy) is 2. The molecule has 2 aromatic heterocycles. The Balaban J connectivity index is 1.42. The number of nitrogens with zero attached hydrogens (tertiary/aromatic N) is 5. The first-order valence-corrected chi connectivity index (χ1v) is 15.3. The molecule has 45 heavy (non-hydrogen) atoms. The van der Waals surface area contributed by atoms with Gasteiger partial charge in [0.15, 0.2) is 10.9 Å². The number of fused-ring (bicyclic) bond motifs is 3. The largest absolute Gasteiger partial charge is 0.573 e. The summed E-state index contributed by atoms with van der Waals surface area (Å²) in [7, 11) is 1.71. The van der Waals surface area contributed by atoms with Gasteiger partial charge in [-0.15, -0.1) is 13.2 Å². The van der Waals surface area contributed by atoms with Gasteiger partial charge in [-0.25, -0.2) is 18.2 Å². The van der Waals surface area contributed by atoms with Crippen LogP contribution in [0.2, 0.25) is 0 Å². The summed E-state index contributed by atoms with van der Waals surface area (Å²) in [6.07, 6.45) is -3.60. The monoisotopic (exact) mass is 653 g/mol. The summed E-state index contributed by atoms with van der Waals surface area (Å²) >= 11 is 0.782. The lowest BCUT2D eigenvalue weighted by Gasteiger charge is -2.31. The van der Waals surface area contributed by atoms with Crippen LogP contribution in [0.15, 0.2) is 18.2 Å². The zero-order valence-electron chi connectivity index (χ0n) is 24.1. The fourth-order valence-corrected chi connectivity index (χ4v) is 7.71. The number of halogens is 6. The fourth-order valence-electron chi connectivity index (χ4n) is 6.94. The minimum absolute atomic E-state index is 0.0428. The first-order chi connectivity index (χ1) is 21.4. The third-order valence-electron chi connectivity index (χ3n) is 9.01. The molecular formula is C29H29F6N7O2S. The maximum absolute atomic E-state index is 16.8. The minimum Gasteiger partial charge on any atom is -0.461 e. The van der Waals surface area contributed by atoms with E-state index >= 15 is 4.39 Å². The number of rotatable bonds is 7. The van der Waals surface area contributed by atoms with Crippen molar-refractivity contribution in [3.05, 3.63) is 29.8 Å². The lowest BCUT2D eigenvalue weighted by atomic mass is 9.95. The number of nitrogens with one attached hydrogen (secondary N) is 1. The van der Waals surface area contributed by atoms with Crippen molar-refractivity contribution < 1.29 is 35.8 Å². The molecule has 0 aliphatic carbocycles. The van der Waals surface area contributed by atoms with E-state index in [-0.39, 0.29) is 62.7 Å². The van der Waals surface area contributed by atoms with Crippen LogP contribution in [0.1, 0.15) is 25.7 Å². The molecular weight excluding hydrogens is 624 g/mol. The second kappa shape index (κ2) is 11.0. The van der Waals surface area contributed by atoms with Gasteiger partial charge in [-0.2, -0.15) is 9.97 Å². The van der Waals surface area contributed by atoms with Gasteiger partial charge in [-0.1, -0.05) is 11.3 Å². The summed E-state index contributed by atoms with van der Waals surface area (Å²) in [5, 5.41) is 3.14. The van der Waals surface area contributed by atoms with E-state index in [0.717, 1.165) is 48.9 Å². The van der Waals surface area contributed by atoms with Crippen molar-refractivity contribution >= 4 is 43.4 Å². The maximum atomic E-state index is 16.8. The Morgan fingerprint density at radius 3 is 2.78 bits per heavy atom. The van der Waals surface area contributed by atoms with Crippen molar-refractivity contribution in [1.82, 2.24) is 25.2 Å². The second-order valence-corrected chi connectivity index (χ2v) is 12.8. The molecule has 3 aliphatic rings. The number of aromatic nitrogens is 3. The molecule has 5 heterocycles. The SMILES string of the molecule is CN(c1nc(OC[C@@]23CCCN2C[C@H](F)C3)nc2c(F)c(-c3ccc(F)c4sc(N)nc34)c(OC(F)(F)F)cc12)[C@@H]1CCNC1. The molecule has 9 nitrogen and oxygen atoms in total. The van der Waals surface area contributed by atoms with Gasteiger partial charge in [-0.05, 0) is 50.6 Å². The number of nitrogen functional groups attached to an aromatic ring is 1. The van der Waals surface area contributed by atoms with Crippen LogP contribution in [0, 0.1) is 11.6 Å². The van der Waals surface area contributed by atoms with Crippen molar-refractivity contribution in [3.63, 3.8) is 0 Å². The van der Waals surface area contributed by atoms with E-state index in [9.17, 15) is 22.0 Å². The van der Waals surface area contributed by atoms with Crippen LogP contribution < -0.4 is 25.4 Å². The molecule has 0 radical (unpaired) electrons. The number of benzene rings is 2. The predicted octanol–water partition coefficient (Wildman–Crippen LogP) is 5.42. The highest BCUT2D eigenvalue weighted by Crippen LogP contribution is 2.46. The van der Waals surface area contributed by atoms with E-state index in [4.69, 9.17) is 10.5 Å². The Bertz CT molecular complexity index is 1780. The van der Waals surface area contributed by atoms with E-state index in [1.807, 2.05) is 0 Å². The molecule has 0 unspecified atom stereocenters. The lowest BCUT2D eigenvalue weighted by molar-refractivity contribution is -0.274. The van der Waals surface area contributed by atoms with Crippen LogP contribution in [0.3, 0.4) is 0 Å². The molecule has 0 amide bonds. The molecule has 3 aliphatic heterocycles. The Hall–Kier alpha value is -3.63. The molecule has 3 fully saturated rings. The van der Waals surface area contributed by atoms with Crippen molar-refractivity contribution in [2.24, 2.45) is 0 Å². The number of hydrogen-bond acceptors (Lipinski definition) is 10. The summed E-state index contributed by atoms with van der Waals surface area (Å²) in [6, 6.07) is 2.86. The van der Waals surface area contributed by atoms with Crippen molar-refractivity contribution in [3.8, 4) is 22.9 Å². The third-order valence-corrected chi connectivity index (χ3v) is 9.90. The van der Waals surface area contributed by atoms with Gasteiger partial charge in [0.25, 0.3) is 0 Å². The molecule has 4 aromatic rings. The highest BCUT2D eigenvalue weighted by molar-refractivity contribution is 7.22. The Morgan fingerprint density at radius 1 is 1.20 bits per heavy atom. The smallest absolute Gasteiger partial charge is 0.461 e. The van der Waals surface area contributed by atoms with Crippen LogP contribution >= 0.6 is 11.3 Å². The topological polar surface area (TPSA) is 102 Å². The summed E-state index contributed by atoms with van der Waals surface area (Å²) < 4.78 is 97.5. The van der Waals surface area contributed by atoms with E-state index < -0.39 is 41.0 Å². The molecule has 0 spiro atoms. The first-order valence-electron chi connectivity index (χ1n) is 14.5. The predicted molar refractivity (Wildman–Crippen MR) is 157 cm³/mol. The molecule has 3 N–H and O–H groups in total. The minimum atomic E-state index is -5.19. The Morgan fingerprint density at radius 2 is 2.02 bits per heavy atom. The van der Waals surface area contributed by atoms with Gasteiger partial charge >= 0.3 is 12.4 Å². The summed E-state index contributed by atoms with van der Waals surface area (Å²) in [5.41, 5.74) is 4.03. The number of nitrogens with two attached hydrogens (primary N) is 1.